The van der Waals surface area contributed by atoms with Crippen molar-refractivity contribution >= 4 is 12.4 Å². The van der Waals surface area contributed by atoms with Crippen LogP contribution in [0.5, 0.6) is 0 Å². The molecule has 0 heterocycles. The Morgan fingerprint density at radius 3 is 1.97 bits per heavy atom. The lowest BCUT2D eigenvalue weighted by atomic mass is 9.94. The lowest BCUT2D eigenvalue weighted by molar-refractivity contribution is 0.409. The summed E-state index contributed by atoms with van der Waals surface area (Å²) in [6.45, 7) is 12.8. The van der Waals surface area contributed by atoms with Crippen LogP contribution < -0.4 is 0 Å². The fourth-order valence-electron chi connectivity index (χ4n) is 2.93. The number of hydrogen-bond donors (Lipinski definition) is 0. The van der Waals surface area contributed by atoms with Crippen LogP contribution in [0.2, 0.25) is 0 Å². The standard InChI is InChI=1S/C13H28.C8H9F.C5H10N2.ClH.H2/c1-4-7-8-9-10-12-13(6-3)11-5-2;1-2-7-3-5-8(9)6-4-7;1-4-5(2)7-6-3;;/h13H,4-12H2,1-3H3;3-6H,2H2,1H3;4H,1-3H3;2*1H/b;;5-4-,7-6?;;. The minimum Gasteiger partial charge on any atom is -0.207 e. The number of unbranched alkanes of at least 4 members (excludes halogenated alkanes) is 4. The highest BCUT2D eigenvalue weighted by molar-refractivity contribution is 5.85. The van der Waals surface area contributed by atoms with Gasteiger partial charge in [0, 0.05) is 8.47 Å². The maximum atomic E-state index is 12.2. The number of azo groups is 1. The summed E-state index contributed by atoms with van der Waals surface area (Å²) >= 11 is 0. The normalized spacial score (nSPS) is 11.7. The van der Waals surface area contributed by atoms with Gasteiger partial charge in [-0.05, 0) is 43.9 Å². The molecule has 1 aromatic rings. The molecule has 0 aliphatic heterocycles. The molecule has 0 bridgehead atoms. The summed E-state index contributed by atoms with van der Waals surface area (Å²) in [6, 6.07) is 6.57. The van der Waals surface area contributed by atoms with E-state index in [1.54, 1.807) is 19.2 Å². The van der Waals surface area contributed by atoms with Crippen molar-refractivity contribution in [2.24, 2.45) is 16.1 Å². The summed E-state index contributed by atoms with van der Waals surface area (Å²) in [4.78, 5) is 0. The highest BCUT2D eigenvalue weighted by Gasteiger charge is 2.03. The predicted octanol–water partition coefficient (Wildman–Crippen LogP) is 10.2. The van der Waals surface area contributed by atoms with E-state index in [4.69, 9.17) is 0 Å². The highest BCUT2D eigenvalue weighted by Crippen LogP contribution is 2.19. The molecular formula is C26H50ClFN2. The van der Waals surface area contributed by atoms with Gasteiger partial charge in [-0.3, -0.25) is 0 Å². The molecule has 4 heteroatoms. The van der Waals surface area contributed by atoms with E-state index < -0.39 is 0 Å². The quantitative estimate of drug-likeness (QED) is 0.239. The van der Waals surface area contributed by atoms with Crippen LogP contribution in [0.25, 0.3) is 0 Å². The number of benzene rings is 1. The molecule has 178 valence electrons. The van der Waals surface area contributed by atoms with Gasteiger partial charge in [-0.25, -0.2) is 4.39 Å². The summed E-state index contributed by atoms with van der Waals surface area (Å²) in [5, 5.41) is 7.29. The fourth-order valence-corrected chi connectivity index (χ4v) is 2.93. The molecule has 0 radical (unpaired) electrons. The summed E-state index contributed by atoms with van der Waals surface area (Å²) in [5.74, 6) is 0.860. The molecule has 0 fully saturated rings. The summed E-state index contributed by atoms with van der Waals surface area (Å²) in [7, 11) is 1.66. The molecule has 0 saturated heterocycles. The Morgan fingerprint density at radius 1 is 0.967 bits per heavy atom. The van der Waals surface area contributed by atoms with Gasteiger partial charge >= 0.3 is 0 Å². The first-order valence-corrected chi connectivity index (χ1v) is 11.7. The van der Waals surface area contributed by atoms with Crippen LogP contribution in [0.4, 0.5) is 4.39 Å². The van der Waals surface area contributed by atoms with Gasteiger partial charge in [-0.1, -0.05) is 104 Å². The second kappa shape index (κ2) is 25.8. The molecule has 1 aromatic carbocycles. The molecule has 0 spiro atoms. The Bertz CT molecular complexity index is 519. The van der Waals surface area contributed by atoms with E-state index in [0.717, 1.165) is 18.0 Å². The summed E-state index contributed by atoms with van der Waals surface area (Å²) in [6.07, 6.45) is 15.8. The zero-order valence-corrected chi connectivity index (χ0v) is 21.5. The largest absolute Gasteiger partial charge is 0.207 e. The minimum atomic E-state index is -0.160. The molecule has 0 aliphatic carbocycles. The van der Waals surface area contributed by atoms with Crippen LogP contribution in [0, 0.1) is 11.7 Å². The molecule has 2 nitrogen and oxygen atoms in total. The SMILES string of the molecule is C/C=C(/C)N=NC.CCCCCCCC(CC)CCC.CCc1ccc(F)cc1.Cl.[HH]. The third kappa shape index (κ3) is 23.1. The predicted molar refractivity (Wildman–Crippen MR) is 137 cm³/mol. The molecule has 0 N–H and O–H groups in total. The Hall–Kier alpha value is -1.22. The van der Waals surface area contributed by atoms with Gasteiger partial charge in [0.05, 0.1) is 5.70 Å². The third-order valence-corrected chi connectivity index (χ3v) is 4.99. The smallest absolute Gasteiger partial charge is 0.123 e. The number of hydrogen-bond acceptors (Lipinski definition) is 2. The number of halogens is 2. The zero-order valence-electron chi connectivity index (χ0n) is 20.7. The lowest BCUT2D eigenvalue weighted by Gasteiger charge is -2.12. The second-order valence-electron chi connectivity index (χ2n) is 7.48. The van der Waals surface area contributed by atoms with Crippen LogP contribution in [0.1, 0.15) is 106 Å². The van der Waals surface area contributed by atoms with E-state index in [0.29, 0.717) is 0 Å². The van der Waals surface area contributed by atoms with Crippen molar-refractivity contribution in [2.45, 2.75) is 106 Å². The van der Waals surface area contributed by atoms with Gasteiger partial charge in [0.15, 0.2) is 0 Å². The van der Waals surface area contributed by atoms with Crippen LogP contribution in [-0.2, 0) is 6.42 Å². The van der Waals surface area contributed by atoms with E-state index in [9.17, 15) is 4.39 Å². The van der Waals surface area contributed by atoms with Gasteiger partial charge in [0.1, 0.15) is 5.82 Å². The molecule has 0 aliphatic rings. The van der Waals surface area contributed by atoms with Crippen LogP contribution >= 0.6 is 12.4 Å². The molecule has 1 rings (SSSR count). The maximum absolute atomic E-state index is 12.2. The molecule has 0 amide bonds. The van der Waals surface area contributed by atoms with Gasteiger partial charge in [-0.15, -0.1) is 12.4 Å². The number of aryl methyl sites for hydroxylation is 1. The van der Waals surface area contributed by atoms with Crippen LogP contribution in [0.3, 0.4) is 0 Å². The van der Waals surface area contributed by atoms with Gasteiger partial charge in [0.2, 0.25) is 0 Å². The average Bonchev–Trinajstić information content (AvgIpc) is 2.74. The first-order valence-electron chi connectivity index (χ1n) is 11.7. The minimum absolute atomic E-state index is 0. The second-order valence-corrected chi connectivity index (χ2v) is 7.48. The van der Waals surface area contributed by atoms with Gasteiger partial charge < -0.3 is 0 Å². The Labute approximate surface area is 194 Å². The van der Waals surface area contributed by atoms with Gasteiger partial charge in [0.25, 0.3) is 0 Å². The van der Waals surface area contributed by atoms with Crippen molar-refractivity contribution in [3.05, 3.63) is 47.4 Å². The maximum Gasteiger partial charge on any atom is 0.123 e. The average molecular weight is 445 g/mol. The summed E-state index contributed by atoms with van der Waals surface area (Å²) in [5.41, 5.74) is 2.14. The van der Waals surface area contributed by atoms with E-state index in [1.165, 1.54) is 75.5 Å². The van der Waals surface area contributed by atoms with Crippen molar-refractivity contribution in [3.8, 4) is 0 Å². The van der Waals surface area contributed by atoms with Crippen molar-refractivity contribution in [1.82, 2.24) is 0 Å². The van der Waals surface area contributed by atoms with Crippen molar-refractivity contribution in [2.75, 3.05) is 7.05 Å². The molecular weight excluding hydrogens is 395 g/mol. The molecule has 1 atom stereocenters. The summed E-state index contributed by atoms with van der Waals surface area (Å²) < 4.78 is 12.2. The topological polar surface area (TPSA) is 24.7 Å². The molecule has 1 unspecified atom stereocenters. The molecule has 0 saturated carbocycles. The number of rotatable bonds is 11. The molecule has 30 heavy (non-hydrogen) atoms. The van der Waals surface area contributed by atoms with E-state index in [-0.39, 0.29) is 19.7 Å². The van der Waals surface area contributed by atoms with Gasteiger partial charge in [-0.2, -0.15) is 10.2 Å². The van der Waals surface area contributed by atoms with Crippen molar-refractivity contribution in [1.29, 1.82) is 0 Å². The van der Waals surface area contributed by atoms with E-state index in [2.05, 4.69) is 31.0 Å². The zero-order chi connectivity index (χ0) is 22.3. The lowest BCUT2D eigenvalue weighted by Crippen LogP contribution is -1.97. The molecule has 0 aromatic heterocycles. The highest BCUT2D eigenvalue weighted by atomic mass is 35.5. The van der Waals surface area contributed by atoms with Crippen LogP contribution in [0.15, 0.2) is 46.3 Å². The third-order valence-electron chi connectivity index (χ3n) is 4.99. The number of allylic oxidation sites excluding steroid dienone is 2. The monoisotopic (exact) mass is 444 g/mol. The Kier molecular flexibility index (Phi) is 28.8. The Morgan fingerprint density at radius 2 is 1.57 bits per heavy atom. The number of nitrogens with zero attached hydrogens (tertiary/aromatic N) is 2. The first-order chi connectivity index (χ1) is 14.0. The van der Waals surface area contributed by atoms with Crippen LogP contribution in [-0.4, -0.2) is 7.05 Å². The van der Waals surface area contributed by atoms with E-state index >= 15 is 0 Å². The van der Waals surface area contributed by atoms with Crippen molar-refractivity contribution in [3.63, 3.8) is 0 Å². The van der Waals surface area contributed by atoms with Crippen molar-refractivity contribution < 1.29 is 5.82 Å². The van der Waals surface area contributed by atoms with E-state index in [1.807, 2.05) is 26.8 Å². The fraction of sp³-hybridized carbons (Fsp3) is 0.692. The Balaban J connectivity index is -0.000000179. The first kappa shape index (κ1) is 33.4.